The van der Waals surface area contributed by atoms with Crippen molar-refractivity contribution < 1.29 is 13.2 Å². The van der Waals surface area contributed by atoms with E-state index in [9.17, 15) is 13.2 Å². The Morgan fingerprint density at radius 1 is 1.12 bits per heavy atom. The second-order valence-corrected chi connectivity index (χ2v) is 7.72. The van der Waals surface area contributed by atoms with Gasteiger partial charge in [-0.05, 0) is 30.3 Å². The molecule has 128 valence electrons. The Kier molecular flexibility index (Phi) is 4.98. The highest BCUT2D eigenvalue weighted by atomic mass is 35.5. The highest BCUT2D eigenvalue weighted by Gasteiger charge is 2.19. The Bertz CT molecular complexity index is 993. The molecule has 0 saturated carbocycles. The minimum Gasteiger partial charge on any atom is -0.311 e. The van der Waals surface area contributed by atoms with E-state index in [4.69, 9.17) is 11.6 Å². The summed E-state index contributed by atoms with van der Waals surface area (Å²) in [5.41, 5.74) is 0.449. The average Bonchev–Trinajstić information content (AvgIpc) is 3.08. The zero-order valence-corrected chi connectivity index (χ0v) is 14.9. The molecular formula is C15H11ClN4O3S2. The van der Waals surface area contributed by atoms with Crippen LogP contribution in [0.15, 0.2) is 59.6 Å². The van der Waals surface area contributed by atoms with Crippen LogP contribution in [0, 0.1) is 0 Å². The van der Waals surface area contributed by atoms with Crippen LogP contribution in [-0.4, -0.2) is 23.9 Å². The van der Waals surface area contributed by atoms with E-state index in [0.717, 1.165) is 11.5 Å². The van der Waals surface area contributed by atoms with Crippen LogP contribution >= 0.6 is 23.1 Å². The predicted molar refractivity (Wildman–Crippen MR) is 96.6 cm³/mol. The number of hydrogen-bond donors (Lipinski definition) is 2. The van der Waals surface area contributed by atoms with E-state index in [1.807, 2.05) is 0 Å². The standard InChI is InChI=1S/C15H11ClN4O3S2/c16-13-7-6-11(25(22,23)19-10-4-2-1-3-5-10)8-12(13)15(21)18-14-9-17-20-24-14/h1-9,19H,(H,18,21). The monoisotopic (exact) mass is 394 g/mol. The number of carbonyl (C=O) groups excluding carboxylic acids is 1. The molecule has 7 nitrogen and oxygen atoms in total. The van der Waals surface area contributed by atoms with Crippen molar-refractivity contribution in [3.05, 3.63) is 65.3 Å². The molecule has 3 rings (SSSR count). The second-order valence-electron chi connectivity index (χ2n) is 4.85. The fourth-order valence-corrected chi connectivity index (χ4v) is 3.67. The molecule has 10 heteroatoms. The minimum atomic E-state index is -3.86. The Morgan fingerprint density at radius 2 is 1.88 bits per heavy atom. The van der Waals surface area contributed by atoms with Gasteiger partial charge in [0.25, 0.3) is 15.9 Å². The molecule has 0 radical (unpaired) electrons. The number of rotatable bonds is 5. The Hall–Kier alpha value is -2.49. The molecule has 0 saturated heterocycles. The van der Waals surface area contributed by atoms with Crippen LogP contribution in [0.1, 0.15) is 10.4 Å². The van der Waals surface area contributed by atoms with Crippen molar-refractivity contribution in [2.24, 2.45) is 0 Å². The minimum absolute atomic E-state index is 0.0333. The van der Waals surface area contributed by atoms with Crippen LogP contribution in [0.2, 0.25) is 5.02 Å². The summed E-state index contributed by atoms with van der Waals surface area (Å²) in [7, 11) is -3.86. The molecule has 0 bridgehead atoms. The lowest BCUT2D eigenvalue weighted by Crippen LogP contribution is -2.16. The van der Waals surface area contributed by atoms with Crippen molar-refractivity contribution in [1.29, 1.82) is 0 Å². The number of nitrogens with zero attached hydrogens (tertiary/aromatic N) is 2. The van der Waals surface area contributed by atoms with Gasteiger partial charge in [-0.1, -0.05) is 34.3 Å². The van der Waals surface area contributed by atoms with Gasteiger partial charge in [0.15, 0.2) is 0 Å². The van der Waals surface area contributed by atoms with Crippen LogP contribution in [0.4, 0.5) is 10.7 Å². The maximum atomic E-state index is 12.5. The number of aromatic nitrogens is 2. The van der Waals surface area contributed by atoms with E-state index in [2.05, 4.69) is 19.6 Å². The summed E-state index contributed by atoms with van der Waals surface area (Å²) in [5.74, 6) is -0.548. The SMILES string of the molecule is O=C(Nc1cnns1)c1cc(S(=O)(=O)Nc2ccccc2)ccc1Cl. The summed E-state index contributed by atoms with van der Waals surface area (Å²) >= 11 is 7.03. The van der Waals surface area contributed by atoms with E-state index >= 15 is 0 Å². The van der Waals surface area contributed by atoms with Crippen LogP contribution in [-0.2, 0) is 10.0 Å². The molecule has 1 aromatic heterocycles. The third-order valence-corrected chi connectivity index (χ3v) is 5.41. The Morgan fingerprint density at radius 3 is 2.56 bits per heavy atom. The van der Waals surface area contributed by atoms with Gasteiger partial charge in [-0.25, -0.2) is 8.42 Å². The maximum Gasteiger partial charge on any atom is 0.261 e. The normalized spacial score (nSPS) is 11.1. The lowest BCUT2D eigenvalue weighted by Gasteiger charge is -2.10. The molecule has 2 aromatic carbocycles. The first kappa shape index (κ1) is 17.3. The van der Waals surface area contributed by atoms with E-state index in [-0.39, 0.29) is 15.5 Å². The molecule has 25 heavy (non-hydrogen) atoms. The number of nitrogens with one attached hydrogen (secondary N) is 2. The van der Waals surface area contributed by atoms with Crippen LogP contribution in [0.25, 0.3) is 0 Å². The van der Waals surface area contributed by atoms with Gasteiger partial charge in [0.1, 0.15) is 5.00 Å². The zero-order chi connectivity index (χ0) is 17.9. The van der Waals surface area contributed by atoms with Crippen molar-refractivity contribution in [2.45, 2.75) is 4.90 Å². The summed E-state index contributed by atoms with van der Waals surface area (Å²) < 4.78 is 31.1. The van der Waals surface area contributed by atoms with Gasteiger partial charge in [0, 0.05) is 17.2 Å². The number of halogens is 1. The largest absolute Gasteiger partial charge is 0.311 e. The fraction of sp³-hybridized carbons (Fsp3) is 0. The second kappa shape index (κ2) is 7.18. The topological polar surface area (TPSA) is 101 Å². The van der Waals surface area contributed by atoms with Crippen LogP contribution in [0.3, 0.4) is 0 Å². The first-order valence-electron chi connectivity index (χ1n) is 6.92. The summed E-state index contributed by atoms with van der Waals surface area (Å²) in [6, 6.07) is 12.4. The van der Waals surface area contributed by atoms with Gasteiger partial charge in [-0.2, -0.15) is 0 Å². The molecule has 2 N–H and O–H groups in total. The third-order valence-electron chi connectivity index (χ3n) is 3.12. The van der Waals surface area contributed by atoms with Crippen molar-refractivity contribution in [3.8, 4) is 0 Å². The Labute approximate surface area is 152 Å². The number of anilines is 2. The molecular weight excluding hydrogens is 384 g/mol. The molecule has 1 heterocycles. The summed E-state index contributed by atoms with van der Waals surface area (Å²) in [6.07, 6.45) is 1.38. The quantitative estimate of drug-likeness (QED) is 0.691. The zero-order valence-electron chi connectivity index (χ0n) is 12.5. The number of hydrogen-bond acceptors (Lipinski definition) is 6. The first-order chi connectivity index (χ1) is 12.0. The van der Waals surface area contributed by atoms with Gasteiger partial charge in [-0.3, -0.25) is 9.52 Å². The molecule has 0 aliphatic heterocycles. The van der Waals surface area contributed by atoms with Gasteiger partial charge in [-0.15, -0.1) is 5.10 Å². The van der Waals surface area contributed by atoms with E-state index in [1.165, 1.54) is 24.4 Å². The molecule has 0 spiro atoms. The van der Waals surface area contributed by atoms with E-state index in [1.54, 1.807) is 30.3 Å². The third kappa shape index (κ3) is 4.13. The van der Waals surface area contributed by atoms with Crippen LogP contribution < -0.4 is 10.0 Å². The fourth-order valence-electron chi connectivity index (χ4n) is 1.97. The van der Waals surface area contributed by atoms with Crippen molar-refractivity contribution in [2.75, 3.05) is 10.0 Å². The lowest BCUT2D eigenvalue weighted by atomic mass is 10.2. The predicted octanol–water partition coefficient (Wildman–Crippen LogP) is 3.24. The van der Waals surface area contributed by atoms with Crippen molar-refractivity contribution in [3.63, 3.8) is 0 Å². The number of benzene rings is 2. The molecule has 1 amide bonds. The highest BCUT2D eigenvalue weighted by molar-refractivity contribution is 7.92. The first-order valence-corrected chi connectivity index (χ1v) is 9.55. The van der Waals surface area contributed by atoms with Crippen LogP contribution in [0.5, 0.6) is 0 Å². The molecule has 0 fully saturated rings. The highest BCUT2D eigenvalue weighted by Crippen LogP contribution is 2.24. The molecule has 0 aliphatic rings. The summed E-state index contributed by atoms with van der Waals surface area (Å²) in [5, 5.41) is 6.73. The lowest BCUT2D eigenvalue weighted by molar-refractivity contribution is 0.102. The summed E-state index contributed by atoms with van der Waals surface area (Å²) in [4.78, 5) is 12.2. The van der Waals surface area contributed by atoms with E-state index in [0.29, 0.717) is 10.7 Å². The van der Waals surface area contributed by atoms with Crippen molar-refractivity contribution in [1.82, 2.24) is 9.59 Å². The molecule has 0 atom stereocenters. The van der Waals surface area contributed by atoms with Crippen molar-refractivity contribution >= 4 is 49.8 Å². The number of amides is 1. The smallest absolute Gasteiger partial charge is 0.261 e. The summed E-state index contributed by atoms with van der Waals surface area (Å²) in [6.45, 7) is 0. The van der Waals surface area contributed by atoms with Gasteiger partial charge >= 0.3 is 0 Å². The van der Waals surface area contributed by atoms with E-state index < -0.39 is 15.9 Å². The average molecular weight is 395 g/mol. The van der Waals surface area contributed by atoms with Gasteiger partial charge in [0.05, 0.1) is 21.7 Å². The molecule has 0 aliphatic carbocycles. The molecule has 0 unspecified atom stereocenters. The Balaban J connectivity index is 1.89. The number of para-hydroxylation sites is 1. The number of carbonyl (C=O) groups is 1. The molecule has 3 aromatic rings. The van der Waals surface area contributed by atoms with Gasteiger partial charge in [0.2, 0.25) is 0 Å². The maximum absolute atomic E-state index is 12.5. The number of sulfonamides is 1. The van der Waals surface area contributed by atoms with Gasteiger partial charge < -0.3 is 5.32 Å².